The fourth-order valence-corrected chi connectivity index (χ4v) is 3.82. The van der Waals surface area contributed by atoms with E-state index in [1.165, 1.54) is 17.8 Å². The highest BCUT2D eigenvalue weighted by molar-refractivity contribution is 7.99. The van der Waals surface area contributed by atoms with Crippen molar-refractivity contribution >= 4 is 23.4 Å². The first-order valence-corrected chi connectivity index (χ1v) is 11.0. The van der Waals surface area contributed by atoms with Crippen LogP contribution in [-0.2, 0) is 10.3 Å². The van der Waals surface area contributed by atoms with Crippen LogP contribution in [0.15, 0.2) is 72.1 Å². The van der Waals surface area contributed by atoms with Crippen molar-refractivity contribution < 1.29 is 9.18 Å². The number of rotatable bonds is 6. The number of nitrogens with one attached hydrogen (secondary N) is 1. The Morgan fingerprint density at radius 2 is 1.78 bits per heavy atom. The summed E-state index contributed by atoms with van der Waals surface area (Å²) in [6.45, 7) is 6.10. The summed E-state index contributed by atoms with van der Waals surface area (Å²) >= 11 is 1.23. The lowest BCUT2D eigenvalue weighted by Gasteiger charge is -2.18. The van der Waals surface area contributed by atoms with Crippen LogP contribution < -0.4 is 5.32 Å². The molecule has 2 heterocycles. The molecule has 0 atom stereocenters. The largest absolute Gasteiger partial charge is 0.323 e. The Bertz CT molecular complexity index is 1230. The molecule has 1 N–H and O–H groups in total. The molecular formula is C23H23FN6OS. The molecule has 0 unspecified atom stereocenters. The predicted molar refractivity (Wildman–Crippen MR) is 123 cm³/mol. The van der Waals surface area contributed by atoms with Crippen LogP contribution >= 0.6 is 11.8 Å². The van der Waals surface area contributed by atoms with Crippen molar-refractivity contribution in [2.45, 2.75) is 31.5 Å². The molecule has 0 saturated heterocycles. The number of anilines is 1. The molecule has 0 aliphatic heterocycles. The van der Waals surface area contributed by atoms with Crippen LogP contribution in [0.4, 0.5) is 10.1 Å². The van der Waals surface area contributed by atoms with Gasteiger partial charge in [0.2, 0.25) is 5.91 Å². The highest BCUT2D eigenvalue weighted by Crippen LogP contribution is 2.29. The summed E-state index contributed by atoms with van der Waals surface area (Å²) in [4.78, 5) is 12.5. The number of nitrogens with zero attached hydrogens (tertiary/aromatic N) is 5. The minimum absolute atomic E-state index is 0.114. The van der Waals surface area contributed by atoms with Crippen LogP contribution in [0.3, 0.4) is 0 Å². The van der Waals surface area contributed by atoms with Crippen molar-refractivity contribution in [3.8, 4) is 17.1 Å². The van der Waals surface area contributed by atoms with E-state index < -0.39 is 0 Å². The minimum Gasteiger partial charge on any atom is -0.323 e. The SMILES string of the molecule is CC(C)(C)n1cc(NC(=O)CSc2nnc(-c3ccccc3F)n2-c2ccccc2)cn1. The molecule has 164 valence electrons. The lowest BCUT2D eigenvalue weighted by atomic mass is 10.1. The summed E-state index contributed by atoms with van der Waals surface area (Å²) in [5.74, 6) is -0.0902. The van der Waals surface area contributed by atoms with E-state index in [-0.39, 0.29) is 23.0 Å². The lowest BCUT2D eigenvalue weighted by molar-refractivity contribution is -0.113. The van der Waals surface area contributed by atoms with E-state index in [1.54, 1.807) is 39.8 Å². The second-order valence-corrected chi connectivity index (χ2v) is 9.08. The number of aromatic nitrogens is 5. The van der Waals surface area contributed by atoms with Gasteiger partial charge in [-0.15, -0.1) is 10.2 Å². The van der Waals surface area contributed by atoms with Crippen molar-refractivity contribution in [2.75, 3.05) is 11.1 Å². The zero-order valence-corrected chi connectivity index (χ0v) is 18.8. The smallest absolute Gasteiger partial charge is 0.234 e. The standard InChI is InChI=1S/C23H23FN6OS/c1-23(2,3)29-14-16(13-25-29)26-20(31)15-32-22-28-27-21(18-11-7-8-12-19(18)24)30(22)17-9-5-4-6-10-17/h4-14H,15H2,1-3H3,(H,26,31). The molecule has 4 rings (SSSR count). The first-order chi connectivity index (χ1) is 15.3. The van der Waals surface area contributed by atoms with Gasteiger partial charge in [0.1, 0.15) is 5.82 Å². The van der Waals surface area contributed by atoms with Gasteiger partial charge in [-0.25, -0.2) is 4.39 Å². The maximum absolute atomic E-state index is 14.5. The molecule has 0 radical (unpaired) electrons. The maximum atomic E-state index is 14.5. The first-order valence-electron chi connectivity index (χ1n) is 10.1. The second kappa shape index (κ2) is 8.96. The van der Waals surface area contributed by atoms with Crippen LogP contribution in [0.1, 0.15) is 20.8 Å². The lowest BCUT2D eigenvalue weighted by Crippen LogP contribution is -2.22. The van der Waals surface area contributed by atoms with Crippen LogP contribution in [0.25, 0.3) is 17.1 Å². The van der Waals surface area contributed by atoms with Gasteiger partial charge >= 0.3 is 0 Å². The molecule has 32 heavy (non-hydrogen) atoms. The zero-order valence-electron chi connectivity index (χ0n) is 18.0. The number of halogens is 1. The Morgan fingerprint density at radius 3 is 2.47 bits per heavy atom. The number of hydrogen-bond donors (Lipinski definition) is 1. The van der Waals surface area contributed by atoms with Gasteiger partial charge in [0.15, 0.2) is 11.0 Å². The van der Waals surface area contributed by atoms with Crippen molar-refractivity contribution in [1.82, 2.24) is 24.5 Å². The third kappa shape index (κ3) is 4.72. The van der Waals surface area contributed by atoms with Gasteiger partial charge in [-0.1, -0.05) is 42.1 Å². The number of carbonyl (C=O) groups is 1. The molecule has 0 aliphatic rings. The highest BCUT2D eigenvalue weighted by Gasteiger charge is 2.20. The minimum atomic E-state index is -0.387. The van der Waals surface area contributed by atoms with E-state index in [1.807, 2.05) is 51.1 Å². The Morgan fingerprint density at radius 1 is 1.06 bits per heavy atom. The molecule has 9 heteroatoms. The number of thioether (sulfide) groups is 1. The third-order valence-corrected chi connectivity index (χ3v) is 5.58. The summed E-state index contributed by atoms with van der Waals surface area (Å²) in [6, 6.07) is 15.9. The molecule has 2 aromatic carbocycles. The Balaban J connectivity index is 1.56. The van der Waals surface area contributed by atoms with Gasteiger partial charge < -0.3 is 5.32 Å². The van der Waals surface area contributed by atoms with Crippen LogP contribution in [0.5, 0.6) is 0 Å². The summed E-state index contributed by atoms with van der Waals surface area (Å²) < 4.78 is 18.0. The number of carbonyl (C=O) groups excluding carboxylic acids is 1. The van der Waals surface area contributed by atoms with Gasteiger partial charge in [0.05, 0.1) is 28.7 Å². The van der Waals surface area contributed by atoms with Gasteiger partial charge in [-0.05, 0) is 45.0 Å². The summed E-state index contributed by atoms with van der Waals surface area (Å²) in [5, 5.41) is 16.1. The molecule has 1 amide bonds. The summed E-state index contributed by atoms with van der Waals surface area (Å²) in [5.41, 5.74) is 1.58. The molecule has 4 aromatic rings. The van der Waals surface area contributed by atoms with E-state index >= 15 is 0 Å². The van der Waals surface area contributed by atoms with Crippen molar-refractivity contribution in [1.29, 1.82) is 0 Å². The van der Waals surface area contributed by atoms with E-state index in [4.69, 9.17) is 0 Å². The topological polar surface area (TPSA) is 77.6 Å². The van der Waals surface area contributed by atoms with E-state index in [2.05, 4.69) is 20.6 Å². The molecule has 0 bridgehead atoms. The van der Waals surface area contributed by atoms with E-state index in [0.717, 1.165) is 5.69 Å². The Labute approximate surface area is 189 Å². The molecule has 0 saturated carbocycles. The fraction of sp³-hybridized carbons (Fsp3) is 0.217. The predicted octanol–water partition coefficient (Wildman–Crippen LogP) is 4.76. The highest BCUT2D eigenvalue weighted by atomic mass is 32.2. The third-order valence-electron chi connectivity index (χ3n) is 4.65. The van der Waals surface area contributed by atoms with Gasteiger partial charge in [0.25, 0.3) is 0 Å². The molecule has 0 aliphatic carbocycles. The van der Waals surface area contributed by atoms with Crippen molar-refractivity contribution in [2.24, 2.45) is 0 Å². The zero-order chi connectivity index (χ0) is 22.7. The number of benzene rings is 2. The molecular weight excluding hydrogens is 427 g/mol. The Hall–Kier alpha value is -3.46. The van der Waals surface area contributed by atoms with Gasteiger partial charge in [0, 0.05) is 11.9 Å². The van der Waals surface area contributed by atoms with E-state index in [9.17, 15) is 9.18 Å². The number of amides is 1. The first kappa shape index (κ1) is 21.8. The van der Waals surface area contributed by atoms with Crippen LogP contribution in [-0.4, -0.2) is 36.2 Å². The number of para-hydroxylation sites is 1. The average molecular weight is 451 g/mol. The summed E-state index contributed by atoms with van der Waals surface area (Å²) in [6.07, 6.45) is 3.42. The van der Waals surface area contributed by atoms with Crippen molar-refractivity contribution in [3.05, 3.63) is 72.8 Å². The summed E-state index contributed by atoms with van der Waals surface area (Å²) in [7, 11) is 0. The molecule has 0 fully saturated rings. The molecule has 0 spiro atoms. The Kier molecular flexibility index (Phi) is 6.09. The molecule has 2 aromatic heterocycles. The maximum Gasteiger partial charge on any atom is 0.234 e. The second-order valence-electron chi connectivity index (χ2n) is 8.14. The number of hydrogen-bond acceptors (Lipinski definition) is 5. The van der Waals surface area contributed by atoms with Crippen LogP contribution in [0.2, 0.25) is 0 Å². The van der Waals surface area contributed by atoms with E-state index in [0.29, 0.717) is 22.2 Å². The monoisotopic (exact) mass is 450 g/mol. The van der Waals surface area contributed by atoms with Crippen molar-refractivity contribution in [3.63, 3.8) is 0 Å². The normalized spacial score (nSPS) is 11.5. The quantitative estimate of drug-likeness (QED) is 0.429. The fourth-order valence-electron chi connectivity index (χ4n) is 3.07. The average Bonchev–Trinajstić information content (AvgIpc) is 3.40. The molecule has 7 nitrogen and oxygen atoms in total. The van der Waals surface area contributed by atoms with Gasteiger partial charge in [-0.2, -0.15) is 5.10 Å². The van der Waals surface area contributed by atoms with Crippen LogP contribution in [0, 0.1) is 5.82 Å². The van der Waals surface area contributed by atoms with Gasteiger partial charge in [-0.3, -0.25) is 14.0 Å².